The SMILES string of the molecule is CCNc1cc(C(=O)NCCn2cccn2)cc(CC)n1. The van der Waals surface area contributed by atoms with Gasteiger partial charge in [-0.05, 0) is 31.5 Å². The van der Waals surface area contributed by atoms with E-state index in [4.69, 9.17) is 0 Å². The van der Waals surface area contributed by atoms with Crippen LogP contribution in [0.5, 0.6) is 0 Å². The van der Waals surface area contributed by atoms with Gasteiger partial charge in [-0.25, -0.2) is 4.98 Å². The first kappa shape index (κ1) is 15.0. The third-order valence-electron chi connectivity index (χ3n) is 3.05. The molecular formula is C15H21N5O. The fourth-order valence-electron chi connectivity index (χ4n) is 1.99. The summed E-state index contributed by atoms with van der Waals surface area (Å²) in [6, 6.07) is 5.48. The van der Waals surface area contributed by atoms with Crippen LogP contribution in [0.3, 0.4) is 0 Å². The molecule has 2 heterocycles. The van der Waals surface area contributed by atoms with Crippen LogP contribution in [0.15, 0.2) is 30.6 Å². The lowest BCUT2D eigenvalue weighted by atomic mass is 10.2. The maximum absolute atomic E-state index is 12.2. The molecule has 0 radical (unpaired) electrons. The Bertz CT molecular complexity index is 580. The van der Waals surface area contributed by atoms with E-state index in [1.807, 2.05) is 32.2 Å². The zero-order valence-electron chi connectivity index (χ0n) is 12.5. The minimum atomic E-state index is -0.0848. The Morgan fingerprint density at radius 3 is 2.86 bits per heavy atom. The Kier molecular flexibility index (Phi) is 5.31. The molecule has 6 nitrogen and oxygen atoms in total. The molecule has 1 amide bonds. The molecule has 0 saturated heterocycles. The van der Waals surface area contributed by atoms with Crippen molar-refractivity contribution in [2.75, 3.05) is 18.4 Å². The van der Waals surface area contributed by atoms with Gasteiger partial charge in [0.25, 0.3) is 5.91 Å². The van der Waals surface area contributed by atoms with Crippen LogP contribution in [0, 0.1) is 0 Å². The van der Waals surface area contributed by atoms with Crippen molar-refractivity contribution in [1.82, 2.24) is 20.1 Å². The Balaban J connectivity index is 1.98. The molecule has 0 saturated carbocycles. The lowest BCUT2D eigenvalue weighted by Crippen LogP contribution is -2.27. The van der Waals surface area contributed by atoms with E-state index in [-0.39, 0.29) is 5.91 Å². The second-order valence-electron chi connectivity index (χ2n) is 4.64. The highest BCUT2D eigenvalue weighted by Gasteiger charge is 2.09. The number of pyridine rings is 1. The number of hydrogen-bond donors (Lipinski definition) is 2. The molecule has 0 unspecified atom stereocenters. The number of hydrogen-bond acceptors (Lipinski definition) is 4. The van der Waals surface area contributed by atoms with Gasteiger partial charge in [0.2, 0.25) is 0 Å². The Hall–Kier alpha value is -2.37. The molecule has 0 bridgehead atoms. The van der Waals surface area contributed by atoms with Gasteiger partial charge in [0, 0.05) is 36.7 Å². The third-order valence-corrected chi connectivity index (χ3v) is 3.05. The van der Waals surface area contributed by atoms with Gasteiger partial charge >= 0.3 is 0 Å². The van der Waals surface area contributed by atoms with Crippen molar-refractivity contribution in [2.24, 2.45) is 0 Å². The molecule has 0 aliphatic rings. The van der Waals surface area contributed by atoms with Crippen LogP contribution in [-0.4, -0.2) is 33.8 Å². The van der Waals surface area contributed by atoms with Crippen LogP contribution in [0.4, 0.5) is 5.82 Å². The fourth-order valence-corrected chi connectivity index (χ4v) is 1.99. The Labute approximate surface area is 124 Å². The molecule has 2 aromatic rings. The summed E-state index contributed by atoms with van der Waals surface area (Å²) in [5.74, 6) is 0.660. The summed E-state index contributed by atoms with van der Waals surface area (Å²) in [5.41, 5.74) is 1.55. The van der Waals surface area contributed by atoms with Crippen LogP contribution in [-0.2, 0) is 13.0 Å². The standard InChI is InChI=1S/C15H21N5O/c1-3-13-10-12(11-14(19-13)16-4-2)15(21)17-7-9-20-8-5-6-18-20/h5-6,8,10-11H,3-4,7,9H2,1-2H3,(H,16,19)(H,17,21). The van der Waals surface area contributed by atoms with Crippen molar-refractivity contribution >= 4 is 11.7 Å². The van der Waals surface area contributed by atoms with Crippen LogP contribution in [0.1, 0.15) is 29.9 Å². The first-order valence-corrected chi connectivity index (χ1v) is 7.23. The van der Waals surface area contributed by atoms with Crippen molar-refractivity contribution in [1.29, 1.82) is 0 Å². The van der Waals surface area contributed by atoms with Crippen molar-refractivity contribution < 1.29 is 4.79 Å². The second kappa shape index (κ2) is 7.42. The first-order valence-electron chi connectivity index (χ1n) is 7.23. The zero-order chi connectivity index (χ0) is 15.1. The molecule has 21 heavy (non-hydrogen) atoms. The molecule has 0 atom stereocenters. The molecule has 0 fully saturated rings. The second-order valence-corrected chi connectivity index (χ2v) is 4.64. The van der Waals surface area contributed by atoms with Gasteiger partial charge in [-0.1, -0.05) is 6.92 Å². The van der Waals surface area contributed by atoms with Gasteiger partial charge in [0.15, 0.2) is 0 Å². The predicted molar refractivity (Wildman–Crippen MR) is 82.3 cm³/mol. The topological polar surface area (TPSA) is 71.8 Å². The van der Waals surface area contributed by atoms with Crippen molar-refractivity contribution in [3.63, 3.8) is 0 Å². The molecular weight excluding hydrogens is 266 g/mol. The van der Waals surface area contributed by atoms with Crippen LogP contribution >= 0.6 is 0 Å². The first-order chi connectivity index (χ1) is 10.2. The number of nitrogens with one attached hydrogen (secondary N) is 2. The van der Waals surface area contributed by atoms with E-state index in [2.05, 4.69) is 20.7 Å². The summed E-state index contributed by atoms with van der Waals surface area (Å²) in [7, 11) is 0. The lowest BCUT2D eigenvalue weighted by Gasteiger charge is -2.09. The van der Waals surface area contributed by atoms with E-state index < -0.39 is 0 Å². The lowest BCUT2D eigenvalue weighted by molar-refractivity contribution is 0.0951. The maximum Gasteiger partial charge on any atom is 0.251 e. The predicted octanol–water partition coefficient (Wildman–Crippen LogP) is 1.70. The minimum absolute atomic E-state index is 0.0848. The smallest absolute Gasteiger partial charge is 0.251 e. The van der Waals surface area contributed by atoms with E-state index in [1.165, 1.54) is 0 Å². The van der Waals surface area contributed by atoms with Gasteiger partial charge < -0.3 is 10.6 Å². The normalized spacial score (nSPS) is 10.4. The van der Waals surface area contributed by atoms with Crippen molar-refractivity contribution in [3.05, 3.63) is 41.9 Å². The summed E-state index contributed by atoms with van der Waals surface area (Å²) < 4.78 is 1.79. The molecule has 2 N–H and O–H groups in total. The molecule has 2 aromatic heterocycles. The van der Waals surface area contributed by atoms with E-state index in [1.54, 1.807) is 16.9 Å². The van der Waals surface area contributed by atoms with Gasteiger partial charge in [-0.3, -0.25) is 9.48 Å². The summed E-state index contributed by atoms with van der Waals surface area (Å²) in [5, 5.41) is 10.2. The summed E-state index contributed by atoms with van der Waals surface area (Å²) in [6.45, 7) is 6.01. The van der Waals surface area contributed by atoms with E-state index >= 15 is 0 Å². The molecule has 0 spiro atoms. The third kappa shape index (κ3) is 4.30. The number of carbonyl (C=O) groups is 1. The maximum atomic E-state index is 12.2. The molecule has 0 aliphatic heterocycles. The number of nitrogens with zero attached hydrogens (tertiary/aromatic N) is 3. The van der Waals surface area contributed by atoms with E-state index in [0.717, 1.165) is 24.5 Å². The Morgan fingerprint density at radius 1 is 1.33 bits per heavy atom. The molecule has 2 rings (SSSR count). The quantitative estimate of drug-likeness (QED) is 0.813. The van der Waals surface area contributed by atoms with Crippen molar-refractivity contribution in [3.8, 4) is 0 Å². The van der Waals surface area contributed by atoms with E-state index in [9.17, 15) is 4.79 Å². The highest BCUT2D eigenvalue weighted by molar-refractivity contribution is 5.95. The van der Waals surface area contributed by atoms with Crippen LogP contribution in [0.25, 0.3) is 0 Å². The summed E-state index contributed by atoms with van der Waals surface area (Å²) in [4.78, 5) is 16.6. The van der Waals surface area contributed by atoms with Gasteiger partial charge in [-0.15, -0.1) is 0 Å². The fraction of sp³-hybridized carbons (Fsp3) is 0.400. The molecule has 0 aliphatic carbocycles. The molecule has 0 aromatic carbocycles. The monoisotopic (exact) mass is 287 g/mol. The Morgan fingerprint density at radius 2 is 2.19 bits per heavy atom. The average molecular weight is 287 g/mol. The van der Waals surface area contributed by atoms with Gasteiger partial charge in [-0.2, -0.15) is 5.10 Å². The van der Waals surface area contributed by atoms with Gasteiger partial charge in [0.05, 0.1) is 6.54 Å². The average Bonchev–Trinajstić information content (AvgIpc) is 3.00. The number of amides is 1. The van der Waals surface area contributed by atoms with Crippen LogP contribution < -0.4 is 10.6 Å². The largest absolute Gasteiger partial charge is 0.370 e. The number of aryl methyl sites for hydroxylation is 1. The number of aromatic nitrogens is 3. The number of anilines is 1. The molecule has 112 valence electrons. The highest BCUT2D eigenvalue weighted by atomic mass is 16.1. The summed E-state index contributed by atoms with van der Waals surface area (Å²) in [6.07, 6.45) is 4.39. The van der Waals surface area contributed by atoms with E-state index in [0.29, 0.717) is 18.7 Å². The van der Waals surface area contributed by atoms with Crippen molar-refractivity contribution in [2.45, 2.75) is 26.8 Å². The number of rotatable bonds is 7. The summed E-state index contributed by atoms with van der Waals surface area (Å²) >= 11 is 0. The number of carbonyl (C=O) groups excluding carboxylic acids is 1. The van der Waals surface area contributed by atoms with Crippen LogP contribution in [0.2, 0.25) is 0 Å². The zero-order valence-corrected chi connectivity index (χ0v) is 12.5. The minimum Gasteiger partial charge on any atom is -0.370 e. The highest BCUT2D eigenvalue weighted by Crippen LogP contribution is 2.11. The van der Waals surface area contributed by atoms with Gasteiger partial charge in [0.1, 0.15) is 5.82 Å². The molecule has 6 heteroatoms.